The maximum atomic E-state index is 6.18. The molecular weight excluding hydrogens is 240 g/mol. The van der Waals surface area contributed by atoms with E-state index < -0.39 is 0 Å². The maximum absolute atomic E-state index is 6.18. The standard InChI is InChI=1S/C12H17ClN2S/c13-11-3-1-4-12(10(11)9-14)15-5-2-7-16-8-6-15/h1,3-4H,2,5-9,14H2. The van der Waals surface area contributed by atoms with Gasteiger partial charge in [0.2, 0.25) is 0 Å². The van der Waals surface area contributed by atoms with Gasteiger partial charge in [0.1, 0.15) is 0 Å². The molecule has 2 N–H and O–H groups in total. The highest BCUT2D eigenvalue weighted by Gasteiger charge is 2.14. The molecule has 0 radical (unpaired) electrons. The number of nitrogens with zero attached hydrogens (tertiary/aromatic N) is 1. The molecule has 88 valence electrons. The van der Waals surface area contributed by atoms with Crippen molar-refractivity contribution in [1.82, 2.24) is 0 Å². The van der Waals surface area contributed by atoms with Gasteiger partial charge in [0.15, 0.2) is 0 Å². The van der Waals surface area contributed by atoms with E-state index in [1.165, 1.54) is 23.6 Å². The summed E-state index contributed by atoms with van der Waals surface area (Å²) in [6.45, 7) is 2.72. The van der Waals surface area contributed by atoms with Crippen LogP contribution in [0, 0.1) is 0 Å². The lowest BCUT2D eigenvalue weighted by Crippen LogP contribution is -2.27. The molecule has 2 nitrogen and oxygen atoms in total. The van der Waals surface area contributed by atoms with Gasteiger partial charge in [0.05, 0.1) is 0 Å². The number of hydrogen-bond acceptors (Lipinski definition) is 3. The minimum atomic E-state index is 0.513. The molecule has 0 spiro atoms. The molecule has 0 unspecified atom stereocenters. The Hall–Kier alpha value is -0.380. The Balaban J connectivity index is 2.27. The zero-order valence-electron chi connectivity index (χ0n) is 9.29. The molecule has 0 amide bonds. The largest absolute Gasteiger partial charge is 0.370 e. The first kappa shape index (κ1) is 12.1. The van der Waals surface area contributed by atoms with Crippen LogP contribution >= 0.6 is 23.4 Å². The molecule has 1 aromatic carbocycles. The quantitative estimate of drug-likeness (QED) is 0.882. The Kier molecular flexibility index (Phi) is 4.38. The third-order valence-electron chi connectivity index (χ3n) is 2.86. The highest BCUT2D eigenvalue weighted by atomic mass is 35.5. The lowest BCUT2D eigenvalue weighted by atomic mass is 10.1. The third-order valence-corrected chi connectivity index (χ3v) is 4.26. The van der Waals surface area contributed by atoms with Crippen LogP contribution in [-0.2, 0) is 6.54 Å². The number of halogens is 1. The topological polar surface area (TPSA) is 29.3 Å². The summed E-state index contributed by atoms with van der Waals surface area (Å²) < 4.78 is 0. The predicted molar refractivity (Wildman–Crippen MR) is 73.5 cm³/mol. The number of hydrogen-bond donors (Lipinski definition) is 1. The molecule has 1 fully saturated rings. The van der Waals surface area contributed by atoms with Gasteiger partial charge in [-0.15, -0.1) is 0 Å². The highest BCUT2D eigenvalue weighted by Crippen LogP contribution is 2.28. The monoisotopic (exact) mass is 256 g/mol. The van der Waals surface area contributed by atoms with Crippen molar-refractivity contribution in [2.45, 2.75) is 13.0 Å². The van der Waals surface area contributed by atoms with E-state index >= 15 is 0 Å². The fourth-order valence-corrected chi connectivity index (χ4v) is 3.17. The summed E-state index contributed by atoms with van der Waals surface area (Å²) in [5, 5.41) is 0.789. The average Bonchev–Trinajstić information content (AvgIpc) is 2.57. The van der Waals surface area contributed by atoms with Crippen LogP contribution in [-0.4, -0.2) is 24.6 Å². The van der Waals surface area contributed by atoms with E-state index in [2.05, 4.69) is 11.0 Å². The molecule has 0 atom stereocenters. The van der Waals surface area contributed by atoms with E-state index in [9.17, 15) is 0 Å². The molecule has 1 aliphatic rings. The second-order valence-electron chi connectivity index (χ2n) is 3.89. The van der Waals surface area contributed by atoms with E-state index in [-0.39, 0.29) is 0 Å². The number of benzene rings is 1. The summed E-state index contributed by atoms with van der Waals surface area (Å²) in [7, 11) is 0. The fourth-order valence-electron chi connectivity index (χ4n) is 2.03. The normalized spacial score (nSPS) is 17.2. The summed E-state index contributed by atoms with van der Waals surface area (Å²) in [5.41, 5.74) is 8.08. The van der Waals surface area contributed by atoms with Crippen molar-refractivity contribution in [1.29, 1.82) is 0 Å². The van der Waals surface area contributed by atoms with Gasteiger partial charge in [-0.3, -0.25) is 0 Å². The highest BCUT2D eigenvalue weighted by molar-refractivity contribution is 7.99. The Bertz CT molecular complexity index is 349. The van der Waals surface area contributed by atoms with Crippen LogP contribution in [0.2, 0.25) is 5.02 Å². The zero-order valence-corrected chi connectivity index (χ0v) is 10.9. The minimum absolute atomic E-state index is 0.513. The van der Waals surface area contributed by atoms with E-state index in [0.29, 0.717) is 6.54 Å². The van der Waals surface area contributed by atoms with Crippen LogP contribution in [0.5, 0.6) is 0 Å². The van der Waals surface area contributed by atoms with Crippen molar-refractivity contribution in [2.24, 2.45) is 5.73 Å². The third kappa shape index (κ3) is 2.65. The summed E-state index contributed by atoms with van der Waals surface area (Å²) >= 11 is 8.20. The van der Waals surface area contributed by atoms with Gasteiger partial charge in [-0.25, -0.2) is 0 Å². The summed E-state index contributed by atoms with van der Waals surface area (Å²) in [6.07, 6.45) is 1.24. The Morgan fingerprint density at radius 3 is 3.00 bits per heavy atom. The smallest absolute Gasteiger partial charge is 0.0471 e. The Morgan fingerprint density at radius 1 is 1.31 bits per heavy atom. The zero-order chi connectivity index (χ0) is 11.4. The number of anilines is 1. The van der Waals surface area contributed by atoms with Crippen LogP contribution in [0.3, 0.4) is 0 Å². The summed E-state index contributed by atoms with van der Waals surface area (Å²) in [4.78, 5) is 2.41. The van der Waals surface area contributed by atoms with Gasteiger partial charge in [-0.1, -0.05) is 17.7 Å². The van der Waals surface area contributed by atoms with Gasteiger partial charge in [0.25, 0.3) is 0 Å². The maximum Gasteiger partial charge on any atom is 0.0471 e. The van der Waals surface area contributed by atoms with Crippen molar-refractivity contribution in [3.63, 3.8) is 0 Å². The SMILES string of the molecule is NCc1c(Cl)cccc1N1CCCSCC1. The van der Waals surface area contributed by atoms with Crippen LogP contribution in [0.25, 0.3) is 0 Å². The molecule has 0 saturated carbocycles. The fraction of sp³-hybridized carbons (Fsp3) is 0.500. The minimum Gasteiger partial charge on any atom is -0.370 e. The van der Waals surface area contributed by atoms with E-state index in [1.54, 1.807) is 0 Å². The Morgan fingerprint density at radius 2 is 2.19 bits per heavy atom. The van der Waals surface area contributed by atoms with E-state index in [0.717, 1.165) is 23.7 Å². The van der Waals surface area contributed by atoms with Gasteiger partial charge < -0.3 is 10.6 Å². The van der Waals surface area contributed by atoms with Crippen molar-refractivity contribution in [3.8, 4) is 0 Å². The van der Waals surface area contributed by atoms with Crippen LogP contribution < -0.4 is 10.6 Å². The average molecular weight is 257 g/mol. The first-order valence-corrected chi connectivity index (χ1v) is 7.16. The predicted octanol–water partition coefficient (Wildman–Crippen LogP) is 2.74. The number of rotatable bonds is 2. The molecule has 0 aromatic heterocycles. The lowest BCUT2D eigenvalue weighted by molar-refractivity contribution is 0.808. The molecule has 0 bridgehead atoms. The first-order valence-electron chi connectivity index (χ1n) is 5.63. The molecule has 2 rings (SSSR count). The molecule has 4 heteroatoms. The lowest BCUT2D eigenvalue weighted by Gasteiger charge is -2.25. The molecule has 16 heavy (non-hydrogen) atoms. The number of thioether (sulfide) groups is 1. The van der Waals surface area contributed by atoms with Gasteiger partial charge in [-0.2, -0.15) is 11.8 Å². The second kappa shape index (κ2) is 5.80. The van der Waals surface area contributed by atoms with Crippen molar-refractivity contribution >= 4 is 29.1 Å². The molecule has 0 aliphatic carbocycles. The van der Waals surface area contributed by atoms with Gasteiger partial charge >= 0.3 is 0 Å². The molecule has 1 saturated heterocycles. The van der Waals surface area contributed by atoms with Crippen LogP contribution in [0.4, 0.5) is 5.69 Å². The Labute approximate surface area is 106 Å². The van der Waals surface area contributed by atoms with Gasteiger partial charge in [0, 0.05) is 41.7 Å². The summed E-state index contributed by atoms with van der Waals surface area (Å²) in [6, 6.07) is 6.05. The second-order valence-corrected chi connectivity index (χ2v) is 5.53. The van der Waals surface area contributed by atoms with E-state index in [4.69, 9.17) is 17.3 Å². The van der Waals surface area contributed by atoms with Gasteiger partial charge in [-0.05, 0) is 24.3 Å². The molecule has 1 heterocycles. The molecule has 1 aromatic rings. The van der Waals surface area contributed by atoms with Crippen molar-refractivity contribution < 1.29 is 0 Å². The first-order chi connectivity index (χ1) is 7.83. The van der Waals surface area contributed by atoms with Crippen LogP contribution in [0.1, 0.15) is 12.0 Å². The molecule has 1 aliphatic heterocycles. The van der Waals surface area contributed by atoms with Crippen LogP contribution in [0.15, 0.2) is 18.2 Å². The molecular formula is C12H17ClN2S. The van der Waals surface area contributed by atoms with Crippen molar-refractivity contribution in [3.05, 3.63) is 28.8 Å². The van der Waals surface area contributed by atoms with Crippen molar-refractivity contribution in [2.75, 3.05) is 29.5 Å². The number of nitrogens with two attached hydrogens (primary N) is 1. The summed E-state index contributed by atoms with van der Waals surface area (Å²) in [5.74, 6) is 2.45. The van der Waals surface area contributed by atoms with E-state index in [1.807, 2.05) is 23.9 Å².